The van der Waals surface area contributed by atoms with Crippen LogP contribution in [0.4, 0.5) is 0 Å². The third-order valence-electron chi connectivity index (χ3n) is 4.81. The summed E-state index contributed by atoms with van der Waals surface area (Å²) in [6.45, 7) is 0.511. The number of H-pyrrole nitrogens is 1. The van der Waals surface area contributed by atoms with Crippen molar-refractivity contribution in [2.75, 3.05) is 13.1 Å². The number of carbonyl (C=O) groups is 1. The lowest BCUT2D eigenvalue weighted by atomic mass is 10.2. The summed E-state index contributed by atoms with van der Waals surface area (Å²) in [5.41, 5.74) is 5.75. The zero-order valence-electron chi connectivity index (χ0n) is 15.5. The number of aromatic nitrogens is 3. The number of aromatic amines is 1. The molecule has 0 radical (unpaired) electrons. The summed E-state index contributed by atoms with van der Waals surface area (Å²) in [5, 5.41) is 3.97. The lowest BCUT2D eigenvalue weighted by Gasteiger charge is -2.10. The topological polar surface area (TPSA) is 115 Å². The molecule has 4 N–H and O–H groups in total. The first-order valence-corrected chi connectivity index (χ1v) is 9.32. The number of aryl methyl sites for hydroxylation is 1. The van der Waals surface area contributed by atoms with Crippen molar-refractivity contribution in [1.29, 1.82) is 0 Å². The number of nitrogens with zero attached hydrogens (tertiary/aromatic N) is 2. The Morgan fingerprint density at radius 3 is 2.69 bits per heavy atom. The van der Waals surface area contributed by atoms with Crippen LogP contribution in [-0.2, 0) is 7.05 Å². The fourth-order valence-corrected chi connectivity index (χ4v) is 3.69. The van der Waals surface area contributed by atoms with Crippen LogP contribution in [0.1, 0.15) is 10.5 Å². The number of rotatable bonds is 4. The van der Waals surface area contributed by atoms with Crippen molar-refractivity contribution in [2.24, 2.45) is 12.8 Å². The predicted octanol–water partition coefficient (Wildman–Crippen LogP) is 1.51. The Morgan fingerprint density at radius 1 is 1.17 bits per heavy atom. The van der Waals surface area contributed by atoms with E-state index in [0.717, 1.165) is 4.57 Å². The van der Waals surface area contributed by atoms with Gasteiger partial charge in [-0.15, -0.1) is 0 Å². The number of halogens is 1. The molecular formula is C20H18ClN5O3. The lowest BCUT2D eigenvalue weighted by Crippen LogP contribution is -2.36. The number of nitrogens with two attached hydrogens (primary N) is 1. The molecule has 2 heterocycles. The largest absolute Gasteiger partial charge is 0.349 e. The number of para-hydroxylation sites is 1. The van der Waals surface area contributed by atoms with Crippen molar-refractivity contribution >= 4 is 39.3 Å². The Hall–Kier alpha value is -3.36. The molecular weight excluding hydrogens is 394 g/mol. The third kappa shape index (κ3) is 3.02. The summed E-state index contributed by atoms with van der Waals surface area (Å²) >= 11 is 6.18. The van der Waals surface area contributed by atoms with Gasteiger partial charge in [0.05, 0.1) is 22.1 Å². The molecule has 0 saturated heterocycles. The van der Waals surface area contributed by atoms with Gasteiger partial charge >= 0.3 is 5.69 Å². The van der Waals surface area contributed by atoms with Crippen molar-refractivity contribution in [2.45, 2.75) is 0 Å². The fraction of sp³-hybridized carbons (Fsp3) is 0.150. The second kappa shape index (κ2) is 7.23. The van der Waals surface area contributed by atoms with Gasteiger partial charge in [0, 0.05) is 30.5 Å². The van der Waals surface area contributed by atoms with E-state index in [2.05, 4.69) is 10.3 Å². The van der Waals surface area contributed by atoms with Crippen molar-refractivity contribution in [3.05, 3.63) is 74.0 Å². The van der Waals surface area contributed by atoms with E-state index in [1.807, 2.05) is 0 Å². The summed E-state index contributed by atoms with van der Waals surface area (Å²) in [6, 6.07) is 11.8. The predicted molar refractivity (Wildman–Crippen MR) is 113 cm³/mol. The molecule has 4 aromatic rings. The van der Waals surface area contributed by atoms with Crippen LogP contribution in [-0.4, -0.2) is 33.1 Å². The molecule has 0 saturated carbocycles. The minimum absolute atomic E-state index is 0.165. The zero-order chi connectivity index (χ0) is 20.7. The van der Waals surface area contributed by atoms with Crippen LogP contribution in [0.3, 0.4) is 0 Å². The number of hydrogen-bond acceptors (Lipinski definition) is 4. The second-order valence-electron chi connectivity index (χ2n) is 6.58. The van der Waals surface area contributed by atoms with E-state index in [9.17, 15) is 14.4 Å². The monoisotopic (exact) mass is 411 g/mol. The molecule has 8 nitrogen and oxygen atoms in total. The van der Waals surface area contributed by atoms with E-state index >= 15 is 0 Å². The van der Waals surface area contributed by atoms with Gasteiger partial charge in [-0.3, -0.25) is 9.59 Å². The molecule has 0 aliphatic carbocycles. The van der Waals surface area contributed by atoms with Gasteiger partial charge in [-0.1, -0.05) is 23.7 Å². The van der Waals surface area contributed by atoms with Crippen LogP contribution in [0, 0.1) is 0 Å². The van der Waals surface area contributed by atoms with Crippen LogP contribution >= 0.6 is 11.6 Å². The molecule has 0 spiro atoms. The van der Waals surface area contributed by atoms with Gasteiger partial charge in [-0.2, -0.15) is 0 Å². The van der Waals surface area contributed by atoms with E-state index in [4.69, 9.17) is 17.3 Å². The number of benzene rings is 2. The third-order valence-corrected chi connectivity index (χ3v) is 5.04. The summed E-state index contributed by atoms with van der Waals surface area (Å²) in [6.07, 6.45) is 0. The van der Waals surface area contributed by atoms with E-state index in [0.29, 0.717) is 26.8 Å². The molecule has 9 heteroatoms. The van der Waals surface area contributed by atoms with Gasteiger partial charge in [0.15, 0.2) is 0 Å². The molecule has 4 rings (SSSR count). The van der Waals surface area contributed by atoms with E-state index < -0.39 is 17.2 Å². The number of amides is 1. The second-order valence-corrected chi connectivity index (χ2v) is 7.02. The Kier molecular flexibility index (Phi) is 4.73. The maximum atomic E-state index is 13.2. The molecule has 2 aromatic heterocycles. The normalized spacial score (nSPS) is 11.3. The smallest absolute Gasteiger partial charge is 0.333 e. The van der Waals surface area contributed by atoms with Crippen LogP contribution in [0.15, 0.2) is 52.1 Å². The standard InChI is InChI=1S/C20H18ClN5O3/c1-25-15-7-6-11(21)10-13(15)16(17(25)18(27)23-9-8-22)26-19(28)12-4-2-3-5-14(12)24-20(26)29/h2-7,10H,8-9,22H2,1H3,(H,23,27)(H,24,29). The Bertz CT molecular complexity index is 1380. The van der Waals surface area contributed by atoms with Gasteiger partial charge in [-0.05, 0) is 30.3 Å². The van der Waals surface area contributed by atoms with Crippen molar-refractivity contribution < 1.29 is 4.79 Å². The first-order chi connectivity index (χ1) is 13.9. The highest BCUT2D eigenvalue weighted by Gasteiger charge is 2.25. The first kappa shape index (κ1) is 19.0. The SMILES string of the molecule is Cn1c(C(=O)NCCN)c(-n2c(=O)[nH]c3ccccc3c2=O)c2cc(Cl)ccc21. The highest BCUT2D eigenvalue weighted by atomic mass is 35.5. The van der Waals surface area contributed by atoms with Gasteiger partial charge in [0.1, 0.15) is 5.69 Å². The highest BCUT2D eigenvalue weighted by Crippen LogP contribution is 2.30. The highest BCUT2D eigenvalue weighted by molar-refractivity contribution is 6.31. The Balaban J connectivity index is 2.15. The van der Waals surface area contributed by atoms with E-state index in [-0.39, 0.29) is 24.5 Å². The molecule has 2 aromatic carbocycles. The maximum absolute atomic E-state index is 13.2. The molecule has 0 atom stereocenters. The average molecular weight is 412 g/mol. The summed E-state index contributed by atoms with van der Waals surface area (Å²) < 4.78 is 2.62. The molecule has 0 bridgehead atoms. The van der Waals surface area contributed by atoms with Crippen molar-refractivity contribution in [1.82, 2.24) is 19.4 Å². The Labute approximate surface area is 169 Å². The quantitative estimate of drug-likeness (QED) is 0.472. The van der Waals surface area contributed by atoms with Crippen molar-refractivity contribution in [3.63, 3.8) is 0 Å². The number of fused-ring (bicyclic) bond motifs is 2. The molecule has 0 unspecified atom stereocenters. The van der Waals surface area contributed by atoms with Crippen LogP contribution in [0.25, 0.3) is 27.5 Å². The molecule has 0 fully saturated rings. The van der Waals surface area contributed by atoms with Crippen LogP contribution in [0.5, 0.6) is 0 Å². The first-order valence-electron chi connectivity index (χ1n) is 8.94. The van der Waals surface area contributed by atoms with Crippen LogP contribution < -0.4 is 22.3 Å². The molecule has 1 amide bonds. The minimum Gasteiger partial charge on any atom is -0.349 e. The summed E-state index contributed by atoms with van der Waals surface area (Å²) in [7, 11) is 1.69. The molecule has 29 heavy (non-hydrogen) atoms. The zero-order valence-corrected chi connectivity index (χ0v) is 16.3. The molecule has 0 aliphatic rings. The lowest BCUT2D eigenvalue weighted by molar-refractivity contribution is 0.0947. The van der Waals surface area contributed by atoms with E-state index in [1.165, 1.54) is 0 Å². The number of nitrogens with one attached hydrogen (secondary N) is 2. The van der Waals surface area contributed by atoms with Gasteiger partial charge < -0.3 is 20.6 Å². The van der Waals surface area contributed by atoms with Gasteiger partial charge in [0.2, 0.25) is 0 Å². The maximum Gasteiger partial charge on any atom is 0.333 e. The van der Waals surface area contributed by atoms with Crippen LogP contribution in [0.2, 0.25) is 5.02 Å². The summed E-state index contributed by atoms with van der Waals surface area (Å²) in [4.78, 5) is 41.7. The molecule has 148 valence electrons. The summed E-state index contributed by atoms with van der Waals surface area (Å²) in [5.74, 6) is -0.445. The fourth-order valence-electron chi connectivity index (χ4n) is 3.52. The minimum atomic E-state index is -0.644. The van der Waals surface area contributed by atoms with Crippen molar-refractivity contribution in [3.8, 4) is 5.69 Å². The number of hydrogen-bond donors (Lipinski definition) is 3. The van der Waals surface area contributed by atoms with Gasteiger partial charge in [0.25, 0.3) is 11.5 Å². The number of carbonyl (C=O) groups excluding carboxylic acids is 1. The van der Waals surface area contributed by atoms with E-state index in [1.54, 1.807) is 54.1 Å². The molecule has 0 aliphatic heterocycles. The van der Waals surface area contributed by atoms with Gasteiger partial charge in [-0.25, -0.2) is 9.36 Å². The Morgan fingerprint density at radius 2 is 1.93 bits per heavy atom. The average Bonchev–Trinajstić information content (AvgIpc) is 2.98.